The van der Waals surface area contributed by atoms with Gasteiger partial charge in [-0.05, 0) is 41.8 Å². The number of fused-ring (bicyclic) bond motifs is 1. The molecule has 0 saturated carbocycles. The van der Waals surface area contributed by atoms with Crippen LogP contribution in [0, 0.1) is 11.6 Å². The molecule has 3 rings (SSSR count). The highest BCUT2D eigenvalue weighted by atomic mass is 32.1. The van der Waals surface area contributed by atoms with Crippen molar-refractivity contribution in [3.05, 3.63) is 64.0 Å². The molecule has 0 saturated heterocycles. The molecule has 1 aromatic heterocycles. The second kappa shape index (κ2) is 7.15. The van der Waals surface area contributed by atoms with Crippen LogP contribution in [0.25, 0.3) is 10.1 Å². The lowest BCUT2D eigenvalue weighted by Crippen LogP contribution is -2.16. The first-order valence-corrected chi connectivity index (χ1v) is 8.44. The van der Waals surface area contributed by atoms with Gasteiger partial charge in [-0.1, -0.05) is 0 Å². The third-order valence-electron chi connectivity index (χ3n) is 3.77. The molecule has 0 fully saturated rings. The van der Waals surface area contributed by atoms with Gasteiger partial charge in [-0.25, -0.2) is 8.78 Å². The summed E-state index contributed by atoms with van der Waals surface area (Å²) in [5.41, 5.74) is 3.71. The number of amides is 1. The summed E-state index contributed by atoms with van der Waals surface area (Å²) >= 11 is 1.20. The average Bonchev–Trinajstić information content (AvgIpc) is 2.99. The number of hydrogen-bond acceptors (Lipinski definition) is 3. The van der Waals surface area contributed by atoms with Crippen LogP contribution in [0.15, 0.2) is 36.4 Å². The number of nitrogens with two attached hydrogens (primary N) is 1. The summed E-state index contributed by atoms with van der Waals surface area (Å²) in [6, 6.07) is 6.91. The standard InChI is InChI=1S/C18H12F5NO2S/c19-13-2-3-14(17(20)12(13)7-16(24)25)26-8-11-6-9-5-10(18(21,22)23)1-4-15(9)27-11/h1-6H,7-8H2,(H2,24,25). The Morgan fingerprint density at radius 3 is 2.52 bits per heavy atom. The van der Waals surface area contributed by atoms with Gasteiger partial charge in [-0.15, -0.1) is 11.3 Å². The van der Waals surface area contributed by atoms with Crippen LogP contribution >= 0.6 is 11.3 Å². The summed E-state index contributed by atoms with van der Waals surface area (Å²) in [5, 5.41) is 0.391. The van der Waals surface area contributed by atoms with Crippen molar-refractivity contribution in [2.75, 3.05) is 0 Å². The minimum absolute atomic E-state index is 0.126. The van der Waals surface area contributed by atoms with E-state index in [1.54, 1.807) is 0 Å². The Hall–Kier alpha value is -2.68. The van der Waals surface area contributed by atoms with Crippen LogP contribution in [0.2, 0.25) is 0 Å². The first-order valence-electron chi connectivity index (χ1n) is 7.63. The fourth-order valence-electron chi connectivity index (χ4n) is 2.52. The normalized spacial score (nSPS) is 11.7. The minimum atomic E-state index is -4.44. The van der Waals surface area contributed by atoms with Crippen molar-refractivity contribution in [1.82, 2.24) is 0 Å². The lowest BCUT2D eigenvalue weighted by Gasteiger charge is -2.09. The van der Waals surface area contributed by atoms with Crippen molar-refractivity contribution in [2.24, 2.45) is 5.73 Å². The van der Waals surface area contributed by atoms with Crippen LogP contribution in [-0.2, 0) is 24.0 Å². The fourth-order valence-corrected chi connectivity index (χ4v) is 3.48. The van der Waals surface area contributed by atoms with Gasteiger partial charge in [0.1, 0.15) is 12.4 Å². The molecule has 2 N–H and O–H groups in total. The molecule has 1 amide bonds. The first-order chi connectivity index (χ1) is 12.6. The molecule has 0 atom stereocenters. The van der Waals surface area contributed by atoms with Crippen molar-refractivity contribution in [2.45, 2.75) is 19.2 Å². The number of primary amides is 1. The molecular formula is C18H12F5NO2S. The number of carbonyl (C=O) groups is 1. The summed E-state index contributed by atoms with van der Waals surface area (Å²) in [5.74, 6) is -3.12. The number of benzene rings is 2. The third-order valence-corrected chi connectivity index (χ3v) is 4.86. The van der Waals surface area contributed by atoms with E-state index in [0.717, 1.165) is 24.3 Å². The summed E-state index contributed by atoms with van der Waals surface area (Å²) in [7, 11) is 0. The van der Waals surface area contributed by atoms with Gasteiger partial charge >= 0.3 is 6.18 Å². The van der Waals surface area contributed by atoms with Gasteiger partial charge in [-0.3, -0.25) is 4.79 Å². The van der Waals surface area contributed by atoms with E-state index >= 15 is 0 Å². The Balaban J connectivity index is 1.82. The molecule has 0 aliphatic heterocycles. The molecule has 0 spiro atoms. The number of carbonyl (C=O) groups excluding carboxylic acids is 1. The second-order valence-corrected chi connectivity index (χ2v) is 6.90. The maximum atomic E-state index is 14.3. The lowest BCUT2D eigenvalue weighted by atomic mass is 10.1. The van der Waals surface area contributed by atoms with Crippen molar-refractivity contribution >= 4 is 27.3 Å². The zero-order valence-electron chi connectivity index (χ0n) is 13.6. The van der Waals surface area contributed by atoms with Crippen molar-refractivity contribution in [1.29, 1.82) is 0 Å². The van der Waals surface area contributed by atoms with Crippen molar-refractivity contribution < 1.29 is 31.5 Å². The SMILES string of the molecule is NC(=O)Cc1c(F)ccc(OCc2cc3cc(C(F)(F)F)ccc3s2)c1F. The Labute approximate surface area is 154 Å². The molecule has 2 aromatic carbocycles. The Bertz CT molecular complexity index is 1010. The van der Waals surface area contributed by atoms with Crippen molar-refractivity contribution in [3.63, 3.8) is 0 Å². The average molecular weight is 401 g/mol. The van der Waals surface area contributed by atoms with E-state index in [-0.39, 0.29) is 12.4 Å². The van der Waals surface area contributed by atoms with E-state index < -0.39 is 41.3 Å². The van der Waals surface area contributed by atoms with Gasteiger partial charge < -0.3 is 10.5 Å². The van der Waals surface area contributed by atoms with Crippen LogP contribution in [0.1, 0.15) is 16.0 Å². The van der Waals surface area contributed by atoms with Gasteiger partial charge in [0.25, 0.3) is 0 Å². The van der Waals surface area contributed by atoms with E-state index in [9.17, 15) is 26.7 Å². The number of halogens is 5. The molecule has 0 unspecified atom stereocenters. The highest BCUT2D eigenvalue weighted by Gasteiger charge is 2.30. The number of rotatable bonds is 5. The monoisotopic (exact) mass is 401 g/mol. The fraction of sp³-hybridized carbons (Fsp3) is 0.167. The largest absolute Gasteiger partial charge is 0.485 e. The van der Waals surface area contributed by atoms with E-state index in [1.807, 2.05) is 0 Å². The molecule has 0 radical (unpaired) electrons. The van der Waals surface area contributed by atoms with E-state index in [1.165, 1.54) is 23.5 Å². The zero-order valence-corrected chi connectivity index (χ0v) is 14.4. The number of thiophene rings is 1. The Morgan fingerprint density at radius 1 is 1.11 bits per heavy atom. The number of alkyl halides is 3. The van der Waals surface area contributed by atoms with Gasteiger partial charge in [0, 0.05) is 15.1 Å². The maximum absolute atomic E-state index is 14.3. The predicted octanol–water partition coefficient (Wildman–Crippen LogP) is 4.81. The molecule has 27 heavy (non-hydrogen) atoms. The summed E-state index contributed by atoms with van der Waals surface area (Å²) in [6.45, 7) is -0.126. The predicted molar refractivity (Wildman–Crippen MR) is 90.4 cm³/mol. The third kappa shape index (κ3) is 4.19. The van der Waals surface area contributed by atoms with Gasteiger partial charge in [-0.2, -0.15) is 13.2 Å². The molecule has 0 aliphatic carbocycles. The number of ether oxygens (including phenoxy) is 1. The second-order valence-electron chi connectivity index (χ2n) is 5.73. The quantitative estimate of drug-likeness (QED) is 0.624. The zero-order chi connectivity index (χ0) is 19.8. The molecule has 142 valence electrons. The van der Waals surface area contributed by atoms with Gasteiger partial charge in [0.05, 0.1) is 12.0 Å². The van der Waals surface area contributed by atoms with Crippen LogP contribution in [0.3, 0.4) is 0 Å². The summed E-state index contributed by atoms with van der Waals surface area (Å²) in [6.07, 6.45) is -5.06. The molecule has 3 nitrogen and oxygen atoms in total. The first kappa shape index (κ1) is 19.1. The molecular weight excluding hydrogens is 389 g/mol. The van der Waals surface area contributed by atoms with Crippen LogP contribution in [0.4, 0.5) is 22.0 Å². The highest BCUT2D eigenvalue weighted by Crippen LogP contribution is 2.34. The molecule has 1 heterocycles. The van der Waals surface area contributed by atoms with Crippen LogP contribution in [0.5, 0.6) is 5.75 Å². The summed E-state index contributed by atoms with van der Waals surface area (Å²) in [4.78, 5) is 11.5. The van der Waals surface area contributed by atoms with E-state index in [2.05, 4.69) is 0 Å². The molecule has 0 bridgehead atoms. The van der Waals surface area contributed by atoms with Gasteiger partial charge in [0.2, 0.25) is 5.91 Å². The minimum Gasteiger partial charge on any atom is -0.485 e. The van der Waals surface area contributed by atoms with E-state index in [0.29, 0.717) is 15.0 Å². The van der Waals surface area contributed by atoms with Crippen LogP contribution in [-0.4, -0.2) is 5.91 Å². The van der Waals surface area contributed by atoms with Crippen LogP contribution < -0.4 is 10.5 Å². The number of hydrogen-bond donors (Lipinski definition) is 1. The smallest absolute Gasteiger partial charge is 0.416 e. The molecule has 9 heteroatoms. The molecule has 0 aliphatic rings. The Morgan fingerprint density at radius 2 is 1.85 bits per heavy atom. The summed E-state index contributed by atoms with van der Waals surface area (Å²) < 4.78 is 72.2. The van der Waals surface area contributed by atoms with Gasteiger partial charge in [0.15, 0.2) is 11.6 Å². The van der Waals surface area contributed by atoms with Crippen molar-refractivity contribution in [3.8, 4) is 5.75 Å². The highest BCUT2D eigenvalue weighted by molar-refractivity contribution is 7.19. The maximum Gasteiger partial charge on any atom is 0.416 e. The molecule has 3 aromatic rings. The topological polar surface area (TPSA) is 52.3 Å². The Kier molecular flexibility index (Phi) is 5.05. The lowest BCUT2D eigenvalue weighted by molar-refractivity contribution is -0.137. The van der Waals surface area contributed by atoms with E-state index in [4.69, 9.17) is 10.5 Å².